The standard InChI is InChI=1S/C46H46F3O2P/c1-27(2)32-25-36(28(3)4)42(37(26-32)29(5)6)35-19-13-15-30(7)45(35)52(41-22-14-20-38(44(41)50)46(47,48)49)40-21-12-11-18-34(40)43-33-17-10-9-16-31(33)23-24-39(43)51-8/h9-29,50H,1-8H3. The highest BCUT2D eigenvalue weighted by Gasteiger charge is 2.37. The largest absolute Gasteiger partial charge is 0.507 e. The Labute approximate surface area is 307 Å². The second-order valence-corrected chi connectivity index (χ2v) is 16.5. The summed E-state index contributed by atoms with van der Waals surface area (Å²) >= 11 is 0. The highest BCUT2D eigenvalue weighted by Crippen LogP contribution is 2.49. The number of aryl methyl sites for hydroxylation is 1. The molecule has 0 amide bonds. The predicted molar refractivity (Wildman–Crippen MR) is 214 cm³/mol. The molecule has 0 aliphatic heterocycles. The van der Waals surface area contributed by atoms with Crippen molar-refractivity contribution in [2.24, 2.45) is 0 Å². The Hall–Kier alpha value is -4.60. The first kappa shape index (κ1) is 37.2. The van der Waals surface area contributed by atoms with Gasteiger partial charge in [0.15, 0.2) is 0 Å². The Morgan fingerprint density at radius 3 is 1.87 bits per heavy atom. The normalized spacial score (nSPS) is 12.7. The molecule has 0 fully saturated rings. The Bertz CT molecular complexity index is 2220. The summed E-state index contributed by atoms with van der Waals surface area (Å²) in [4.78, 5) is 0. The van der Waals surface area contributed by atoms with Gasteiger partial charge < -0.3 is 9.84 Å². The fourth-order valence-corrected chi connectivity index (χ4v) is 10.1. The maximum atomic E-state index is 14.6. The van der Waals surface area contributed by atoms with E-state index in [1.165, 1.54) is 22.8 Å². The van der Waals surface area contributed by atoms with Crippen LogP contribution in [0.4, 0.5) is 13.2 Å². The minimum absolute atomic E-state index is 0.181. The molecule has 268 valence electrons. The molecule has 6 rings (SSSR count). The van der Waals surface area contributed by atoms with Gasteiger partial charge in [0.1, 0.15) is 11.5 Å². The summed E-state index contributed by atoms with van der Waals surface area (Å²) in [5.41, 5.74) is 7.36. The zero-order valence-corrected chi connectivity index (χ0v) is 32.0. The van der Waals surface area contributed by atoms with Gasteiger partial charge in [0.25, 0.3) is 0 Å². The molecule has 0 radical (unpaired) electrons. The average molecular weight is 719 g/mol. The summed E-state index contributed by atoms with van der Waals surface area (Å²) in [6.07, 6.45) is -4.74. The lowest BCUT2D eigenvalue weighted by Gasteiger charge is -2.30. The molecule has 0 bridgehead atoms. The fraction of sp³-hybridized carbons (Fsp3) is 0.261. The molecule has 1 N–H and O–H groups in total. The zero-order valence-electron chi connectivity index (χ0n) is 31.1. The molecule has 2 nitrogen and oxygen atoms in total. The summed E-state index contributed by atoms with van der Waals surface area (Å²) < 4.78 is 49.6. The van der Waals surface area contributed by atoms with E-state index in [1.54, 1.807) is 13.2 Å². The van der Waals surface area contributed by atoms with Crippen molar-refractivity contribution in [3.63, 3.8) is 0 Å². The van der Waals surface area contributed by atoms with Crippen molar-refractivity contribution < 1.29 is 23.0 Å². The van der Waals surface area contributed by atoms with E-state index in [1.807, 2.05) is 79.7 Å². The number of para-hydroxylation sites is 1. The third-order valence-corrected chi connectivity index (χ3v) is 12.7. The van der Waals surface area contributed by atoms with Gasteiger partial charge in [-0.2, -0.15) is 13.2 Å². The molecule has 0 spiro atoms. The quantitative estimate of drug-likeness (QED) is 0.151. The second kappa shape index (κ2) is 14.8. The van der Waals surface area contributed by atoms with Gasteiger partial charge in [0.05, 0.1) is 12.7 Å². The van der Waals surface area contributed by atoms with E-state index in [9.17, 15) is 18.3 Å². The highest BCUT2D eigenvalue weighted by molar-refractivity contribution is 7.80. The predicted octanol–water partition coefficient (Wildman–Crippen LogP) is 12.3. The first-order chi connectivity index (χ1) is 24.7. The van der Waals surface area contributed by atoms with Crippen LogP contribution in [0.5, 0.6) is 11.5 Å². The number of rotatable bonds is 9. The van der Waals surface area contributed by atoms with Crippen molar-refractivity contribution in [1.29, 1.82) is 0 Å². The van der Waals surface area contributed by atoms with E-state index in [4.69, 9.17) is 4.74 Å². The number of hydrogen-bond acceptors (Lipinski definition) is 2. The highest BCUT2D eigenvalue weighted by atomic mass is 31.1. The Morgan fingerprint density at radius 1 is 0.635 bits per heavy atom. The lowest BCUT2D eigenvalue weighted by Crippen LogP contribution is -2.27. The van der Waals surface area contributed by atoms with Crippen LogP contribution in [-0.4, -0.2) is 12.2 Å². The summed E-state index contributed by atoms with van der Waals surface area (Å²) in [6, 6.07) is 34.8. The third-order valence-electron chi connectivity index (χ3n) is 9.95. The van der Waals surface area contributed by atoms with Crippen LogP contribution in [0, 0.1) is 6.92 Å². The SMILES string of the molecule is COc1ccc2ccccc2c1-c1ccccc1P(c1cccc(C(F)(F)F)c1O)c1c(C)cccc1-c1c(C(C)C)cc(C(C)C)cc1C(C)C. The first-order valence-electron chi connectivity index (χ1n) is 17.9. The smallest absolute Gasteiger partial charge is 0.419 e. The molecule has 52 heavy (non-hydrogen) atoms. The van der Waals surface area contributed by atoms with Crippen LogP contribution in [-0.2, 0) is 6.18 Å². The van der Waals surface area contributed by atoms with Gasteiger partial charge in [-0.3, -0.25) is 0 Å². The number of ether oxygens (including phenoxy) is 1. The van der Waals surface area contributed by atoms with Gasteiger partial charge in [0, 0.05) is 10.9 Å². The summed E-state index contributed by atoms with van der Waals surface area (Å²) in [5, 5.41) is 15.7. The number of alkyl halides is 3. The number of methoxy groups -OCH3 is 1. The van der Waals surface area contributed by atoms with E-state index in [0.717, 1.165) is 55.3 Å². The summed E-state index contributed by atoms with van der Waals surface area (Å²) in [7, 11) is -0.164. The van der Waals surface area contributed by atoms with Crippen LogP contribution in [0.2, 0.25) is 0 Å². The molecule has 0 saturated carbocycles. The average Bonchev–Trinajstić information content (AvgIpc) is 3.11. The Kier molecular flexibility index (Phi) is 10.6. The fourth-order valence-electron chi connectivity index (χ4n) is 7.31. The Morgan fingerprint density at radius 2 is 1.23 bits per heavy atom. The molecule has 6 heteroatoms. The van der Waals surface area contributed by atoms with Crippen molar-refractivity contribution in [3.05, 3.63) is 137 Å². The number of halogens is 3. The van der Waals surface area contributed by atoms with Gasteiger partial charge in [0.2, 0.25) is 0 Å². The van der Waals surface area contributed by atoms with Gasteiger partial charge in [-0.05, 0) is 105 Å². The van der Waals surface area contributed by atoms with Crippen LogP contribution in [0.3, 0.4) is 0 Å². The summed E-state index contributed by atoms with van der Waals surface area (Å²) in [5.74, 6) is 0.605. The van der Waals surface area contributed by atoms with Crippen molar-refractivity contribution in [1.82, 2.24) is 0 Å². The number of fused-ring (bicyclic) bond motifs is 1. The lowest BCUT2D eigenvalue weighted by molar-refractivity contribution is -0.138. The van der Waals surface area contributed by atoms with E-state index in [0.29, 0.717) is 11.7 Å². The minimum atomic E-state index is -4.74. The Balaban J connectivity index is 1.80. The molecule has 0 aromatic heterocycles. The maximum absolute atomic E-state index is 14.6. The number of phenolic OH excluding ortho intramolecular Hbond substituents is 1. The topological polar surface area (TPSA) is 29.5 Å². The van der Waals surface area contributed by atoms with Gasteiger partial charge in [-0.25, -0.2) is 0 Å². The second-order valence-electron chi connectivity index (χ2n) is 14.4. The minimum Gasteiger partial charge on any atom is -0.507 e. The van der Waals surface area contributed by atoms with Gasteiger partial charge in [-0.15, -0.1) is 0 Å². The van der Waals surface area contributed by atoms with Crippen molar-refractivity contribution in [3.8, 4) is 33.8 Å². The monoisotopic (exact) mass is 718 g/mol. The molecule has 1 unspecified atom stereocenters. The van der Waals surface area contributed by atoms with Gasteiger partial charge in [-0.1, -0.05) is 139 Å². The van der Waals surface area contributed by atoms with Crippen LogP contribution in [0.15, 0.2) is 109 Å². The molecule has 0 aliphatic rings. The van der Waals surface area contributed by atoms with Crippen LogP contribution >= 0.6 is 7.92 Å². The number of phenols is 1. The molecule has 0 aliphatic carbocycles. The summed E-state index contributed by atoms with van der Waals surface area (Å²) in [6.45, 7) is 15.2. The van der Waals surface area contributed by atoms with Crippen molar-refractivity contribution in [2.75, 3.05) is 7.11 Å². The van der Waals surface area contributed by atoms with Crippen molar-refractivity contribution in [2.45, 2.75) is 72.4 Å². The van der Waals surface area contributed by atoms with E-state index in [-0.39, 0.29) is 17.1 Å². The zero-order chi connectivity index (χ0) is 37.5. The number of hydrogen-bond donors (Lipinski definition) is 1. The number of aromatic hydroxyl groups is 1. The first-order valence-corrected chi connectivity index (χ1v) is 19.2. The molecule has 0 heterocycles. The molecule has 0 saturated heterocycles. The molecule has 1 atom stereocenters. The van der Waals surface area contributed by atoms with Gasteiger partial charge >= 0.3 is 6.18 Å². The molecular formula is C46H46F3O2P. The molecule has 6 aromatic rings. The van der Waals surface area contributed by atoms with E-state index in [2.05, 4.69) is 59.7 Å². The maximum Gasteiger partial charge on any atom is 0.419 e. The molecular weight excluding hydrogens is 672 g/mol. The van der Waals surface area contributed by atoms with Crippen molar-refractivity contribution >= 4 is 34.6 Å². The van der Waals surface area contributed by atoms with E-state index >= 15 is 0 Å². The van der Waals surface area contributed by atoms with Crippen LogP contribution < -0.4 is 20.7 Å². The molecule has 6 aromatic carbocycles. The van der Waals surface area contributed by atoms with Crippen LogP contribution in [0.1, 0.15) is 87.1 Å². The lowest BCUT2D eigenvalue weighted by atomic mass is 9.81. The third kappa shape index (κ3) is 6.84. The number of benzene rings is 6. The van der Waals surface area contributed by atoms with Crippen LogP contribution in [0.25, 0.3) is 33.0 Å². The van der Waals surface area contributed by atoms with E-state index < -0.39 is 25.4 Å².